The molecule has 2 rings (SSSR count). The Morgan fingerprint density at radius 1 is 1.36 bits per heavy atom. The second kappa shape index (κ2) is 8.65. The van der Waals surface area contributed by atoms with E-state index in [-0.39, 0.29) is 23.0 Å². The van der Waals surface area contributed by atoms with Crippen molar-refractivity contribution in [1.29, 1.82) is 0 Å². The second-order valence-corrected chi connectivity index (χ2v) is 7.57. The van der Waals surface area contributed by atoms with Crippen LogP contribution in [0.25, 0.3) is 0 Å². The maximum atomic E-state index is 12.2. The number of rotatable bonds is 6. The lowest BCUT2D eigenvalue weighted by molar-refractivity contribution is -0.119. The Balaban J connectivity index is 1.88. The first-order valence-corrected chi connectivity index (χ1v) is 9.36. The summed E-state index contributed by atoms with van der Waals surface area (Å²) >= 11 is 5.88. The standard InChI is InChI=1S/C16H22ClNO3S/c1-2-15(12-3-5-13(17)6-4-12)18-16(19)11-22(20)14-7-9-21-10-8-14/h3-6,14-15H,2,7-11H2,1H3,(H,18,19)/t15-,22-/m1/s1. The van der Waals surface area contributed by atoms with Crippen molar-refractivity contribution in [2.45, 2.75) is 37.5 Å². The zero-order chi connectivity index (χ0) is 15.9. The zero-order valence-electron chi connectivity index (χ0n) is 12.7. The number of nitrogens with one attached hydrogen (secondary N) is 1. The number of benzene rings is 1. The minimum Gasteiger partial charge on any atom is -0.381 e. The molecule has 0 saturated carbocycles. The Labute approximate surface area is 139 Å². The topological polar surface area (TPSA) is 55.4 Å². The molecule has 0 aliphatic carbocycles. The van der Waals surface area contributed by atoms with E-state index in [1.165, 1.54) is 0 Å². The van der Waals surface area contributed by atoms with E-state index >= 15 is 0 Å². The summed E-state index contributed by atoms with van der Waals surface area (Å²) < 4.78 is 17.5. The summed E-state index contributed by atoms with van der Waals surface area (Å²) in [4.78, 5) is 12.1. The predicted molar refractivity (Wildman–Crippen MR) is 89.5 cm³/mol. The van der Waals surface area contributed by atoms with Crippen LogP contribution < -0.4 is 5.32 Å². The van der Waals surface area contributed by atoms with Gasteiger partial charge in [-0.1, -0.05) is 30.7 Å². The van der Waals surface area contributed by atoms with Crippen LogP contribution in [0.5, 0.6) is 0 Å². The Bertz CT molecular complexity index is 515. The van der Waals surface area contributed by atoms with Gasteiger partial charge in [-0.2, -0.15) is 0 Å². The van der Waals surface area contributed by atoms with Crippen LogP contribution in [0.3, 0.4) is 0 Å². The highest BCUT2D eigenvalue weighted by Gasteiger charge is 2.23. The molecule has 1 N–H and O–H groups in total. The molecule has 1 aromatic rings. The summed E-state index contributed by atoms with van der Waals surface area (Å²) in [5.41, 5.74) is 1.01. The van der Waals surface area contributed by atoms with Gasteiger partial charge in [0, 0.05) is 34.3 Å². The highest BCUT2D eigenvalue weighted by Crippen LogP contribution is 2.19. The van der Waals surface area contributed by atoms with E-state index in [0.717, 1.165) is 24.8 Å². The number of hydrogen-bond donors (Lipinski definition) is 1. The van der Waals surface area contributed by atoms with Gasteiger partial charge in [-0.25, -0.2) is 0 Å². The summed E-state index contributed by atoms with van der Waals surface area (Å²) in [6, 6.07) is 7.37. The van der Waals surface area contributed by atoms with Crippen molar-refractivity contribution in [3.8, 4) is 0 Å². The normalized spacial score (nSPS) is 18.6. The van der Waals surface area contributed by atoms with Crippen LogP contribution in [0.1, 0.15) is 37.8 Å². The highest BCUT2D eigenvalue weighted by atomic mass is 35.5. The first-order chi connectivity index (χ1) is 10.6. The van der Waals surface area contributed by atoms with E-state index in [2.05, 4.69) is 5.32 Å². The van der Waals surface area contributed by atoms with Gasteiger partial charge in [-0.15, -0.1) is 0 Å². The number of ether oxygens (including phenoxy) is 1. The quantitative estimate of drug-likeness (QED) is 0.864. The fourth-order valence-corrected chi connectivity index (χ4v) is 3.96. The highest BCUT2D eigenvalue weighted by molar-refractivity contribution is 7.86. The molecular formula is C16H22ClNO3S. The molecule has 4 nitrogen and oxygen atoms in total. The van der Waals surface area contributed by atoms with E-state index in [1.807, 2.05) is 31.2 Å². The second-order valence-electron chi connectivity index (χ2n) is 5.42. The third kappa shape index (κ3) is 5.07. The van der Waals surface area contributed by atoms with E-state index in [1.54, 1.807) is 0 Å². The van der Waals surface area contributed by atoms with Crippen molar-refractivity contribution in [3.05, 3.63) is 34.9 Å². The monoisotopic (exact) mass is 343 g/mol. The minimum absolute atomic E-state index is 0.0642. The van der Waals surface area contributed by atoms with Gasteiger partial charge < -0.3 is 10.1 Å². The van der Waals surface area contributed by atoms with Gasteiger partial charge in [-0.3, -0.25) is 9.00 Å². The first kappa shape index (κ1) is 17.4. The average Bonchev–Trinajstić information content (AvgIpc) is 2.54. The number of carbonyl (C=O) groups is 1. The van der Waals surface area contributed by atoms with Crippen LogP contribution in [0.4, 0.5) is 0 Å². The largest absolute Gasteiger partial charge is 0.381 e. The van der Waals surface area contributed by atoms with Crippen LogP contribution in [-0.4, -0.2) is 34.3 Å². The fourth-order valence-electron chi connectivity index (χ4n) is 2.54. The zero-order valence-corrected chi connectivity index (χ0v) is 14.3. The maximum absolute atomic E-state index is 12.2. The van der Waals surface area contributed by atoms with Gasteiger partial charge in [0.05, 0.1) is 6.04 Å². The van der Waals surface area contributed by atoms with Crippen molar-refractivity contribution in [1.82, 2.24) is 5.32 Å². The molecule has 0 bridgehead atoms. The summed E-state index contributed by atoms with van der Waals surface area (Å²) in [6.07, 6.45) is 2.32. The van der Waals surface area contributed by atoms with Crippen molar-refractivity contribution in [2.24, 2.45) is 0 Å². The number of carbonyl (C=O) groups excluding carboxylic acids is 1. The number of hydrogen-bond acceptors (Lipinski definition) is 3. The molecule has 1 aromatic carbocycles. The number of amides is 1. The van der Waals surface area contributed by atoms with Crippen LogP contribution in [0.15, 0.2) is 24.3 Å². The molecule has 1 aliphatic heterocycles. The lowest BCUT2D eigenvalue weighted by Crippen LogP contribution is -2.35. The molecule has 0 aromatic heterocycles. The third-order valence-electron chi connectivity index (χ3n) is 3.83. The molecule has 1 aliphatic rings. The summed E-state index contributed by atoms with van der Waals surface area (Å²) in [5.74, 6) is -0.0963. The molecule has 6 heteroatoms. The van der Waals surface area contributed by atoms with Gasteiger partial charge in [0.1, 0.15) is 5.75 Å². The molecule has 1 heterocycles. The third-order valence-corrected chi connectivity index (χ3v) is 5.84. The molecule has 1 saturated heterocycles. The van der Waals surface area contributed by atoms with Gasteiger partial charge >= 0.3 is 0 Å². The molecule has 1 amide bonds. The molecule has 2 atom stereocenters. The molecule has 0 unspecified atom stereocenters. The van der Waals surface area contributed by atoms with Crippen molar-refractivity contribution >= 4 is 28.3 Å². The predicted octanol–water partition coefficient (Wildman–Crippen LogP) is 2.84. The van der Waals surface area contributed by atoms with Crippen LogP contribution in [-0.2, 0) is 20.3 Å². The summed E-state index contributed by atoms with van der Waals surface area (Å²) in [7, 11) is -1.13. The van der Waals surface area contributed by atoms with Gasteiger partial charge in [0.15, 0.2) is 0 Å². The smallest absolute Gasteiger partial charge is 0.233 e. The lowest BCUT2D eigenvalue weighted by atomic mass is 10.0. The molecular weight excluding hydrogens is 322 g/mol. The van der Waals surface area contributed by atoms with E-state index in [0.29, 0.717) is 18.2 Å². The lowest BCUT2D eigenvalue weighted by Gasteiger charge is -2.22. The van der Waals surface area contributed by atoms with Crippen molar-refractivity contribution in [2.75, 3.05) is 19.0 Å². The van der Waals surface area contributed by atoms with E-state index in [4.69, 9.17) is 16.3 Å². The molecule has 22 heavy (non-hydrogen) atoms. The van der Waals surface area contributed by atoms with Crippen LogP contribution in [0, 0.1) is 0 Å². The molecule has 122 valence electrons. The van der Waals surface area contributed by atoms with E-state index < -0.39 is 10.8 Å². The van der Waals surface area contributed by atoms with Crippen molar-refractivity contribution < 1.29 is 13.7 Å². The molecule has 0 spiro atoms. The van der Waals surface area contributed by atoms with Crippen molar-refractivity contribution in [3.63, 3.8) is 0 Å². The number of halogens is 1. The summed E-state index contributed by atoms with van der Waals surface area (Å²) in [6.45, 7) is 3.29. The Hall–Kier alpha value is -0.910. The molecule has 1 fully saturated rings. The van der Waals surface area contributed by atoms with Crippen LogP contribution >= 0.6 is 11.6 Å². The first-order valence-electron chi connectivity index (χ1n) is 7.60. The van der Waals surface area contributed by atoms with Gasteiger partial charge in [-0.05, 0) is 37.0 Å². The SMILES string of the molecule is CC[C@@H](NC(=O)C[S@@](=O)C1CCOCC1)c1ccc(Cl)cc1. The molecule has 0 radical (unpaired) electrons. The van der Waals surface area contributed by atoms with Crippen LogP contribution in [0.2, 0.25) is 5.02 Å². The van der Waals surface area contributed by atoms with Gasteiger partial charge in [0.25, 0.3) is 0 Å². The fraction of sp³-hybridized carbons (Fsp3) is 0.562. The Morgan fingerprint density at radius 3 is 2.59 bits per heavy atom. The summed E-state index contributed by atoms with van der Waals surface area (Å²) in [5, 5.41) is 3.72. The maximum Gasteiger partial charge on any atom is 0.233 e. The van der Waals surface area contributed by atoms with Gasteiger partial charge in [0.2, 0.25) is 5.91 Å². The average molecular weight is 344 g/mol. The Kier molecular flexibility index (Phi) is 6.86. The minimum atomic E-state index is -1.13. The van der Waals surface area contributed by atoms with E-state index in [9.17, 15) is 9.00 Å². The Morgan fingerprint density at radius 2 is 2.00 bits per heavy atom.